The van der Waals surface area contributed by atoms with Crippen LogP contribution >= 0.6 is 15.9 Å². The van der Waals surface area contributed by atoms with E-state index in [0.717, 1.165) is 6.07 Å². The summed E-state index contributed by atoms with van der Waals surface area (Å²) in [4.78, 5) is 10.3. The molecule has 7 heteroatoms. The summed E-state index contributed by atoms with van der Waals surface area (Å²) in [7, 11) is 0. The van der Waals surface area contributed by atoms with Crippen molar-refractivity contribution in [3.8, 4) is 0 Å². The maximum Gasteiger partial charge on any atom is 0.152 e. The van der Waals surface area contributed by atoms with Crippen LogP contribution in [0.25, 0.3) is 0 Å². The molecule has 0 spiro atoms. The zero-order valence-electron chi connectivity index (χ0n) is 6.67. The second kappa shape index (κ2) is 7.90. The summed E-state index contributed by atoms with van der Waals surface area (Å²) in [5.41, 5.74) is 5.85. The molecule has 0 aromatic heterocycles. The summed E-state index contributed by atoms with van der Waals surface area (Å²) < 4.78 is 13.0. The average Bonchev–Trinajstić information content (AvgIpc) is 1.96. The predicted molar refractivity (Wildman–Crippen MR) is 45.3 cm³/mol. The monoisotopic (exact) mass is 304 g/mol. The van der Waals surface area contributed by atoms with Gasteiger partial charge in [-0.1, -0.05) is 0 Å². The van der Waals surface area contributed by atoms with Crippen molar-refractivity contribution in [1.82, 2.24) is 0 Å². The number of carbonyl (C=O) groups excluding carboxylic acids is 1. The minimum atomic E-state index is -0.479. The van der Waals surface area contributed by atoms with Gasteiger partial charge in [0.05, 0.1) is 5.69 Å². The normalized spacial score (nSPS) is 7.57. The Morgan fingerprint density at radius 1 is 1.36 bits per heavy atom. The number of rotatable bonds is 1. The van der Waals surface area contributed by atoms with Gasteiger partial charge in [0.2, 0.25) is 0 Å². The first-order chi connectivity index (χ1) is 5.15. The molecule has 2 N–H and O–H groups in total. The van der Waals surface area contributed by atoms with E-state index in [-0.39, 0.29) is 39.3 Å². The molecule has 0 heterocycles. The molecule has 1 radical (unpaired) electrons. The number of carbonyl (C=O) groups is 1. The Morgan fingerprint density at radius 2 is 1.86 bits per heavy atom. The van der Waals surface area contributed by atoms with Crippen molar-refractivity contribution in [1.29, 1.82) is 0 Å². The van der Waals surface area contributed by atoms with E-state index < -0.39 is 5.82 Å². The molecule has 81 valence electrons. The van der Waals surface area contributed by atoms with E-state index in [0.29, 0.717) is 10.8 Å². The molecule has 0 aliphatic carbocycles. The van der Waals surface area contributed by atoms with E-state index in [4.69, 9.17) is 5.73 Å². The second-order valence-corrected chi connectivity index (χ2v) is 2.86. The van der Waals surface area contributed by atoms with Gasteiger partial charge in [-0.25, -0.2) is 4.39 Å². The number of aldehydes is 1. The van der Waals surface area contributed by atoms with E-state index >= 15 is 0 Å². The van der Waals surface area contributed by atoms with Crippen LogP contribution in [0.2, 0.25) is 0 Å². The zero-order valence-corrected chi connectivity index (χ0v) is 9.43. The van der Waals surface area contributed by atoms with Crippen LogP contribution in [0.15, 0.2) is 16.6 Å². The topological polar surface area (TPSA) is 100 Å². The van der Waals surface area contributed by atoms with Crippen LogP contribution in [-0.2, 0) is 28.0 Å². The van der Waals surface area contributed by atoms with Gasteiger partial charge in [0.25, 0.3) is 0 Å². The first-order valence-electron chi connectivity index (χ1n) is 2.85. The maximum absolute atomic E-state index is 12.6. The third kappa shape index (κ3) is 4.17. The molecule has 0 atom stereocenters. The van der Waals surface area contributed by atoms with Crippen molar-refractivity contribution < 1.29 is 37.2 Å². The van der Waals surface area contributed by atoms with Crippen molar-refractivity contribution in [3.05, 3.63) is 28.0 Å². The van der Waals surface area contributed by atoms with Crippen LogP contribution < -0.4 is 5.73 Å². The van der Waals surface area contributed by atoms with Crippen LogP contribution in [-0.4, -0.2) is 6.29 Å². The van der Waals surface area contributed by atoms with Gasteiger partial charge in [-0.3, -0.25) is 4.79 Å². The molecular weight excluding hydrogens is 300 g/mol. The first-order valence-corrected chi connectivity index (χ1v) is 3.64. The minimum absolute atomic E-state index is 0. The number of halogens is 2. The van der Waals surface area contributed by atoms with Gasteiger partial charge in [-0.05, 0) is 28.1 Å². The minimum Gasteiger partial charge on any atom is -2.00 e. The molecule has 1 rings (SSSR count). The standard InChI is InChI=1S/C7H5BrFNO.Mn.2O/c8-6-2-5(9)1-4(3-11)7(6)10;;;/h1-3H,10H2;;;/q;;2*-2. The Balaban J connectivity index is -0.000000403. The molecule has 0 unspecified atom stereocenters. The van der Waals surface area contributed by atoms with Crippen LogP contribution in [0.4, 0.5) is 10.1 Å². The van der Waals surface area contributed by atoms with Gasteiger partial charge >= 0.3 is 0 Å². The van der Waals surface area contributed by atoms with Crippen molar-refractivity contribution in [2.24, 2.45) is 0 Å². The van der Waals surface area contributed by atoms with Crippen molar-refractivity contribution in [3.63, 3.8) is 0 Å². The molecule has 14 heavy (non-hydrogen) atoms. The third-order valence-electron chi connectivity index (χ3n) is 1.25. The second-order valence-electron chi connectivity index (χ2n) is 2.01. The van der Waals surface area contributed by atoms with Gasteiger partial charge < -0.3 is 16.7 Å². The van der Waals surface area contributed by atoms with E-state index in [1.54, 1.807) is 0 Å². The number of nitrogens with two attached hydrogens (primary N) is 1. The summed E-state index contributed by atoms with van der Waals surface area (Å²) >= 11 is 3.01. The van der Waals surface area contributed by atoms with Gasteiger partial charge in [0, 0.05) is 27.1 Å². The SMILES string of the molecule is Nc1c(Br)cc(F)cc1C=O.[Mn].[O-2].[O-2]. The van der Waals surface area contributed by atoms with Gasteiger partial charge in [-0.2, -0.15) is 0 Å². The summed E-state index contributed by atoms with van der Waals surface area (Å²) in [5, 5.41) is 0. The molecule has 0 amide bonds. The number of nitrogen functional groups attached to an aromatic ring is 1. The van der Waals surface area contributed by atoms with Gasteiger partial charge in [0.15, 0.2) is 6.29 Å². The van der Waals surface area contributed by atoms with Crippen molar-refractivity contribution >= 4 is 27.9 Å². The fraction of sp³-hybridized carbons (Fsp3) is 0. The molecule has 0 saturated heterocycles. The average molecular weight is 305 g/mol. The maximum atomic E-state index is 12.6. The smallest absolute Gasteiger partial charge is 0.152 e. The fourth-order valence-electron chi connectivity index (χ4n) is 0.702. The van der Waals surface area contributed by atoms with Crippen LogP contribution in [0.5, 0.6) is 0 Å². The Bertz CT molecular complexity index is 311. The third-order valence-corrected chi connectivity index (χ3v) is 1.91. The number of anilines is 1. The molecule has 0 aliphatic rings. The summed E-state index contributed by atoms with van der Waals surface area (Å²) in [6.45, 7) is 0. The summed E-state index contributed by atoms with van der Waals surface area (Å²) in [5.74, 6) is -0.479. The van der Waals surface area contributed by atoms with Gasteiger partial charge in [0.1, 0.15) is 5.82 Å². The van der Waals surface area contributed by atoms with E-state index in [2.05, 4.69) is 15.9 Å². The molecule has 0 fully saturated rings. The number of hydrogen-bond acceptors (Lipinski definition) is 2. The van der Waals surface area contributed by atoms with E-state index in [1.165, 1.54) is 6.07 Å². The number of benzene rings is 1. The molecular formula is C7H5BrFMnNO3-4. The van der Waals surface area contributed by atoms with Crippen LogP contribution in [0.3, 0.4) is 0 Å². The Hall–Kier alpha value is -0.461. The Morgan fingerprint density at radius 3 is 2.29 bits per heavy atom. The largest absolute Gasteiger partial charge is 2.00 e. The van der Waals surface area contributed by atoms with E-state index in [1.807, 2.05) is 0 Å². The Kier molecular flexibility index (Phi) is 10.8. The molecule has 4 nitrogen and oxygen atoms in total. The molecule has 0 saturated carbocycles. The molecule has 1 aromatic rings. The fourth-order valence-corrected chi connectivity index (χ4v) is 1.15. The summed E-state index contributed by atoms with van der Waals surface area (Å²) in [6, 6.07) is 2.30. The first kappa shape index (κ1) is 19.2. The summed E-state index contributed by atoms with van der Waals surface area (Å²) in [6.07, 6.45) is 0.517. The van der Waals surface area contributed by atoms with Crippen LogP contribution in [0, 0.1) is 5.82 Å². The van der Waals surface area contributed by atoms with Crippen molar-refractivity contribution in [2.45, 2.75) is 0 Å². The molecule has 0 aliphatic heterocycles. The van der Waals surface area contributed by atoms with Crippen molar-refractivity contribution in [2.75, 3.05) is 5.73 Å². The Labute approximate surface area is 98.9 Å². The van der Waals surface area contributed by atoms with Crippen LogP contribution in [0.1, 0.15) is 10.4 Å². The van der Waals surface area contributed by atoms with E-state index in [9.17, 15) is 9.18 Å². The van der Waals surface area contributed by atoms with Gasteiger partial charge in [-0.15, -0.1) is 0 Å². The number of hydrogen-bond donors (Lipinski definition) is 1. The quantitative estimate of drug-likeness (QED) is 0.485. The molecule has 1 aromatic carbocycles. The predicted octanol–water partition coefficient (Wildman–Crippen LogP) is 1.74. The zero-order chi connectivity index (χ0) is 8.43. The molecule has 0 bridgehead atoms.